The molecule has 2 aromatic rings. The number of hydrogen-bond acceptors (Lipinski definition) is 4. The molecule has 0 radical (unpaired) electrons. The molecule has 118 valence electrons. The van der Waals surface area contributed by atoms with Crippen molar-refractivity contribution in [1.29, 1.82) is 5.26 Å². The predicted molar refractivity (Wildman–Crippen MR) is 92.5 cm³/mol. The van der Waals surface area contributed by atoms with E-state index < -0.39 is 0 Å². The summed E-state index contributed by atoms with van der Waals surface area (Å²) in [5.74, 6) is 0.113. The maximum absolute atomic E-state index is 12.3. The molecule has 0 saturated carbocycles. The van der Waals surface area contributed by atoms with Crippen LogP contribution in [-0.2, 0) is 17.8 Å². The number of nitrogens with one attached hydrogen (secondary N) is 2. The highest BCUT2D eigenvalue weighted by Gasteiger charge is 2.22. The van der Waals surface area contributed by atoms with Gasteiger partial charge in [-0.3, -0.25) is 4.79 Å². The Kier molecular flexibility index (Phi) is 4.75. The van der Waals surface area contributed by atoms with Crippen molar-refractivity contribution in [2.24, 2.45) is 0 Å². The molecule has 2 N–H and O–H groups in total. The third-order valence-electron chi connectivity index (χ3n) is 4.15. The Morgan fingerprint density at radius 3 is 2.96 bits per heavy atom. The summed E-state index contributed by atoms with van der Waals surface area (Å²) in [7, 11) is 0. The van der Waals surface area contributed by atoms with Gasteiger partial charge in [0.15, 0.2) is 0 Å². The number of benzene rings is 1. The molecule has 1 amide bonds. The van der Waals surface area contributed by atoms with Gasteiger partial charge in [0.25, 0.3) is 0 Å². The Morgan fingerprint density at radius 1 is 1.43 bits per heavy atom. The molecule has 0 saturated heterocycles. The number of hydrogen-bond donors (Lipinski definition) is 2. The number of carbonyl (C=O) groups excluding carboxylic acids is 1. The van der Waals surface area contributed by atoms with Gasteiger partial charge in [-0.05, 0) is 30.0 Å². The molecule has 23 heavy (non-hydrogen) atoms. The second kappa shape index (κ2) is 6.95. The quantitative estimate of drug-likeness (QED) is 0.905. The van der Waals surface area contributed by atoms with Crippen LogP contribution in [0.25, 0.3) is 0 Å². The highest BCUT2D eigenvalue weighted by Crippen LogP contribution is 2.35. The van der Waals surface area contributed by atoms with Crippen LogP contribution in [-0.4, -0.2) is 12.5 Å². The Balaban J connectivity index is 1.71. The molecular formula is C18H19N3OS. The van der Waals surface area contributed by atoms with Crippen LogP contribution in [0.4, 0.5) is 5.00 Å². The SMILES string of the molecule is C[C@@H](CC(=O)Nc1sc2c(c1C#N)CCNC2)c1ccccc1. The molecule has 0 spiro atoms. The molecule has 0 unspecified atom stereocenters. The highest BCUT2D eigenvalue weighted by atomic mass is 32.1. The van der Waals surface area contributed by atoms with E-state index in [0.717, 1.165) is 30.6 Å². The van der Waals surface area contributed by atoms with Crippen LogP contribution in [0.3, 0.4) is 0 Å². The lowest BCUT2D eigenvalue weighted by Gasteiger charge is -2.12. The number of thiophene rings is 1. The zero-order valence-corrected chi connectivity index (χ0v) is 13.9. The molecule has 1 aliphatic heterocycles. The van der Waals surface area contributed by atoms with Gasteiger partial charge in [-0.15, -0.1) is 11.3 Å². The zero-order valence-electron chi connectivity index (χ0n) is 13.1. The summed E-state index contributed by atoms with van der Waals surface area (Å²) in [5, 5.41) is 16.4. The van der Waals surface area contributed by atoms with Crippen molar-refractivity contribution in [2.45, 2.75) is 32.2 Å². The lowest BCUT2D eigenvalue weighted by molar-refractivity contribution is -0.116. The number of nitriles is 1. The Hall–Kier alpha value is -2.16. The summed E-state index contributed by atoms with van der Waals surface area (Å²) < 4.78 is 0. The number of anilines is 1. The van der Waals surface area contributed by atoms with E-state index in [9.17, 15) is 10.1 Å². The third-order valence-corrected chi connectivity index (χ3v) is 5.30. The molecular weight excluding hydrogens is 306 g/mol. The lowest BCUT2D eigenvalue weighted by atomic mass is 9.97. The van der Waals surface area contributed by atoms with Crippen molar-refractivity contribution < 1.29 is 4.79 Å². The van der Waals surface area contributed by atoms with E-state index >= 15 is 0 Å². The molecule has 1 aromatic carbocycles. The van der Waals surface area contributed by atoms with Gasteiger partial charge in [0.2, 0.25) is 5.91 Å². The fourth-order valence-electron chi connectivity index (χ4n) is 2.90. The first-order chi connectivity index (χ1) is 11.2. The lowest BCUT2D eigenvalue weighted by Crippen LogP contribution is -2.22. The molecule has 5 heteroatoms. The van der Waals surface area contributed by atoms with Crippen molar-refractivity contribution in [3.8, 4) is 6.07 Å². The van der Waals surface area contributed by atoms with Crippen molar-refractivity contribution in [2.75, 3.05) is 11.9 Å². The summed E-state index contributed by atoms with van der Waals surface area (Å²) in [6.07, 6.45) is 1.26. The van der Waals surface area contributed by atoms with Crippen LogP contribution in [0.5, 0.6) is 0 Å². The minimum absolute atomic E-state index is 0.0376. The average Bonchev–Trinajstić information content (AvgIpc) is 2.92. The standard InChI is InChI=1S/C18H19N3OS/c1-12(13-5-3-2-4-6-13)9-17(22)21-18-15(10-19)14-7-8-20-11-16(14)23-18/h2-6,12,20H,7-9,11H2,1H3,(H,21,22)/t12-/m0/s1. The minimum Gasteiger partial charge on any atom is -0.317 e. The Labute approximate surface area is 140 Å². The maximum atomic E-state index is 12.3. The van der Waals surface area contributed by atoms with Gasteiger partial charge in [0, 0.05) is 17.8 Å². The second-order valence-corrected chi connectivity index (χ2v) is 6.92. The molecule has 2 heterocycles. The first-order valence-electron chi connectivity index (χ1n) is 7.79. The van der Waals surface area contributed by atoms with Gasteiger partial charge < -0.3 is 10.6 Å². The predicted octanol–water partition coefficient (Wildman–Crippen LogP) is 3.40. The fourth-order valence-corrected chi connectivity index (χ4v) is 4.08. The van der Waals surface area contributed by atoms with Crippen molar-refractivity contribution in [3.63, 3.8) is 0 Å². The molecule has 0 aliphatic carbocycles. The summed E-state index contributed by atoms with van der Waals surface area (Å²) in [4.78, 5) is 13.5. The van der Waals surface area contributed by atoms with Gasteiger partial charge in [-0.25, -0.2) is 0 Å². The average molecular weight is 325 g/mol. The van der Waals surface area contributed by atoms with E-state index in [1.165, 1.54) is 16.2 Å². The van der Waals surface area contributed by atoms with Crippen LogP contribution in [0, 0.1) is 11.3 Å². The van der Waals surface area contributed by atoms with E-state index in [2.05, 4.69) is 16.7 Å². The van der Waals surface area contributed by atoms with Gasteiger partial charge in [-0.2, -0.15) is 5.26 Å². The van der Waals surface area contributed by atoms with Crippen LogP contribution in [0.15, 0.2) is 30.3 Å². The molecule has 1 atom stereocenters. The topological polar surface area (TPSA) is 64.9 Å². The Bertz CT molecular complexity index is 746. The molecule has 3 rings (SSSR count). The smallest absolute Gasteiger partial charge is 0.225 e. The number of rotatable bonds is 4. The first-order valence-corrected chi connectivity index (χ1v) is 8.61. The number of nitrogens with zero attached hydrogens (tertiary/aromatic N) is 1. The fraction of sp³-hybridized carbons (Fsp3) is 0.333. The zero-order chi connectivity index (χ0) is 16.2. The van der Waals surface area contributed by atoms with E-state index in [1.807, 2.05) is 37.3 Å². The van der Waals surface area contributed by atoms with E-state index in [0.29, 0.717) is 17.0 Å². The monoisotopic (exact) mass is 325 g/mol. The largest absolute Gasteiger partial charge is 0.317 e. The second-order valence-electron chi connectivity index (χ2n) is 5.81. The van der Waals surface area contributed by atoms with Gasteiger partial charge in [0.05, 0.1) is 5.56 Å². The third kappa shape index (κ3) is 3.44. The molecule has 0 fully saturated rings. The molecule has 1 aromatic heterocycles. The van der Waals surface area contributed by atoms with Crippen molar-refractivity contribution in [1.82, 2.24) is 5.32 Å². The van der Waals surface area contributed by atoms with Gasteiger partial charge >= 0.3 is 0 Å². The van der Waals surface area contributed by atoms with Crippen molar-refractivity contribution in [3.05, 3.63) is 51.9 Å². The van der Waals surface area contributed by atoms with E-state index in [-0.39, 0.29) is 11.8 Å². The summed E-state index contributed by atoms with van der Waals surface area (Å²) in [6.45, 7) is 3.71. The minimum atomic E-state index is -0.0376. The summed E-state index contributed by atoms with van der Waals surface area (Å²) in [5.41, 5.74) is 2.90. The van der Waals surface area contributed by atoms with Crippen molar-refractivity contribution >= 4 is 22.2 Å². The first kappa shape index (κ1) is 15.7. The summed E-state index contributed by atoms with van der Waals surface area (Å²) in [6, 6.07) is 12.3. The Morgan fingerprint density at radius 2 is 2.22 bits per heavy atom. The summed E-state index contributed by atoms with van der Waals surface area (Å²) >= 11 is 1.52. The van der Waals surface area contributed by atoms with Crippen LogP contribution in [0.2, 0.25) is 0 Å². The van der Waals surface area contributed by atoms with E-state index in [1.54, 1.807) is 0 Å². The van der Waals surface area contributed by atoms with Crippen LogP contribution in [0.1, 0.15) is 40.8 Å². The van der Waals surface area contributed by atoms with Crippen LogP contribution >= 0.6 is 11.3 Å². The highest BCUT2D eigenvalue weighted by molar-refractivity contribution is 7.16. The number of amides is 1. The van der Waals surface area contributed by atoms with Gasteiger partial charge in [-0.1, -0.05) is 37.3 Å². The van der Waals surface area contributed by atoms with E-state index in [4.69, 9.17) is 0 Å². The molecule has 4 nitrogen and oxygen atoms in total. The molecule has 1 aliphatic rings. The van der Waals surface area contributed by atoms with Gasteiger partial charge in [0.1, 0.15) is 11.1 Å². The maximum Gasteiger partial charge on any atom is 0.225 e. The number of carbonyl (C=O) groups is 1. The van der Waals surface area contributed by atoms with Crippen LogP contribution < -0.4 is 10.6 Å². The normalized spacial score (nSPS) is 14.6. The number of fused-ring (bicyclic) bond motifs is 1. The molecule has 0 bridgehead atoms.